The second kappa shape index (κ2) is 7.08. The molecular weight excluding hydrogens is 232 g/mol. The van der Waals surface area contributed by atoms with Crippen molar-refractivity contribution in [1.29, 1.82) is 0 Å². The van der Waals surface area contributed by atoms with Crippen LogP contribution in [0.25, 0.3) is 0 Å². The van der Waals surface area contributed by atoms with Crippen LogP contribution in [0.5, 0.6) is 0 Å². The van der Waals surface area contributed by atoms with Crippen LogP contribution in [0.3, 0.4) is 0 Å². The zero-order valence-electron chi connectivity index (χ0n) is 13.4. The topological polar surface area (TPSA) is 15.3 Å². The molecule has 2 fully saturated rings. The fraction of sp³-hybridized carbons (Fsp3) is 1.00. The molecule has 1 heterocycles. The fourth-order valence-electron chi connectivity index (χ4n) is 3.94. The van der Waals surface area contributed by atoms with Gasteiger partial charge in [0, 0.05) is 19.1 Å². The minimum atomic E-state index is 0.600. The van der Waals surface area contributed by atoms with Gasteiger partial charge in [-0.3, -0.25) is 0 Å². The van der Waals surface area contributed by atoms with Gasteiger partial charge in [0.1, 0.15) is 0 Å². The first-order valence-electron chi connectivity index (χ1n) is 8.59. The third kappa shape index (κ3) is 4.46. The van der Waals surface area contributed by atoms with Crippen LogP contribution in [-0.4, -0.2) is 37.1 Å². The van der Waals surface area contributed by atoms with Crippen LogP contribution in [0.4, 0.5) is 0 Å². The number of nitrogens with one attached hydrogen (secondary N) is 1. The molecule has 2 rings (SSSR count). The van der Waals surface area contributed by atoms with Crippen LogP contribution in [0, 0.1) is 11.3 Å². The van der Waals surface area contributed by atoms with E-state index in [9.17, 15) is 0 Å². The predicted molar refractivity (Wildman–Crippen MR) is 83.5 cm³/mol. The van der Waals surface area contributed by atoms with E-state index in [4.69, 9.17) is 0 Å². The number of rotatable bonds is 4. The summed E-state index contributed by atoms with van der Waals surface area (Å²) in [7, 11) is 0. The first kappa shape index (κ1) is 15.3. The SMILES string of the molecule is CCC(C)C1CN(CC2(C)CCCCC2)CCCN1. The summed E-state index contributed by atoms with van der Waals surface area (Å²) in [6, 6.07) is 0.708. The molecule has 112 valence electrons. The molecule has 1 N–H and O–H groups in total. The van der Waals surface area contributed by atoms with Gasteiger partial charge < -0.3 is 10.2 Å². The van der Waals surface area contributed by atoms with Crippen LogP contribution in [0.1, 0.15) is 65.7 Å². The smallest absolute Gasteiger partial charge is 0.0220 e. The maximum Gasteiger partial charge on any atom is 0.0220 e. The van der Waals surface area contributed by atoms with Crippen molar-refractivity contribution in [3.05, 3.63) is 0 Å². The van der Waals surface area contributed by atoms with Crippen molar-refractivity contribution in [3.63, 3.8) is 0 Å². The van der Waals surface area contributed by atoms with E-state index in [1.807, 2.05) is 0 Å². The number of nitrogens with zero attached hydrogens (tertiary/aromatic N) is 1. The average Bonchev–Trinajstić information content (AvgIpc) is 2.63. The van der Waals surface area contributed by atoms with Crippen molar-refractivity contribution in [3.8, 4) is 0 Å². The molecule has 1 saturated carbocycles. The number of hydrogen-bond donors (Lipinski definition) is 1. The second-order valence-corrected chi connectivity index (χ2v) is 7.41. The van der Waals surface area contributed by atoms with Crippen LogP contribution in [-0.2, 0) is 0 Å². The van der Waals surface area contributed by atoms with Gasteiger partial charge in [-0.15, -0.1) is 0 Å². The lowest BCUT2D eigenvalue weighted by Gasteiger charge is -2.39. The lowest BCUT2D eigenvalue weighted by atomic mass is 9.75. The van der Waals surface area contributed by atoms with Crippen molar-refractivity contribution >= 4 is 0 Å². The highest BCUT2D eigenvalue weighted by Crippen LogP contribution is 2.36. The molecule has 1 saturated heterocycles. The molecule has 0 amide bonds. The molecule has 2 aliphatic rings. The predicted octanol–water partition coefficient (Wildman–Crippen LogP) is 3.67. The van der Waals surface area contributed by atoms with E-state index in [2.05, 4.69) is 31.0 Å². The van der Waals surface area contributed by atoms with E-state index in [0.29, 0.717) is 11.5 Å². The highest BCUT2D eigenvalue weighted by atomic mass is 15.2. The summed E-state index contributed by atoms with van der Waals surface area (Å²) in [5.41, 5.74) is 0.600. The average molecular weight is 266 g/mol. The summed E-state index contributed by atoms with van der Waals surface area (Å²) in [6.07, 6.45) is 9.89. The Kier molecular flexibility index (Phi) is 5.70. The van der Waals surface area contributed by atoms with Gasteiger partial charge >= 0.3 is 0 Å². The van der Waals surface area contributed by atoms with Gasteiger partial charge in [-0.25, -0.2) is 0 Å². The molecule has 0 aromatic carbocycles. The Labute approximate surface area is 120 Å². The molecule has 0 aromatic rings. The van der Waals surface area contributed by atoms with E-state index in [-0.39, 0.29) is 0 Å². The Morgan fingerprint density at radius 3 is 2.63 bits per heavy atom. The van der Waals surface area contributed by atoms with Gasteiger partial charge in [-0.2, -0.15) is 0 Å². The Morgan fingerprint density at radius 2 is 1.95 bits per heavy atom. The third-order valence-electron chi connectivity index (χ3n) is 5.51. The fourth-order valence-corrected chi connectivity index (χ4v) is 3.94. The standard InChI is InChI=1S/C17H34N2/c1-4-15(2)16-13-19(12-8-11-18-16)14-17(3)9-6-5-7-10-17/h15-16,18H,4-14H2,1-3H3. The molecule has 2 atom stereocenters. The Hall–Kier alpha value is -0.0800. The molecule has 2 unspecified atom stereocenters. The summed E-state index contributed by atoms with van der Waals surface area (Å²) >= 11 is 0. The molecule has 2 heteroatoms. The molecule has 1 aliphatic heterocycles. The van der Waals surface area contributed by atoms with Gasteiger partial charge in [0.25, 0.3) is 0 Å². The lowest BCUT2D eigenvalue weighted by Crippen LogP contribution is -2.45. The Balaban J connectivity index is 1.90. The first-order chi connectivity index (χ1) is 9.13. The minimum Gasteiger partial charge on any atom is -0.312 e. The van der Waals surface area contributed by atoms with Crippen molar-refractivity contribution in [2.75, 3.05) is 26.2 Å². The second-order valence-electron chi connectivity index (χ2n) is 7.41. The zero-order valence-corrected chi connectivity index (χ0v) is 13.4. The van der Waals surface area contributed by atoms with Crippen molar-refractivity contribution in [1.82, 2.24) is 10.2 Å². The van der Waals surface area contributed by atoms with Crippen LogP contribution in [0.15, 0.2) is 0 Å². The van der Waals surface area contributed by atoms with E-state index < -0.39 is 0 Å². The molecule has 2 nitrogen and oxygen atoms in total. The van der Waals surface area contributed by atoms with Gasteiger partial charge in [0.05, 0.1) is 0 Å². The number of hydrogen-bond acceptors (Lipinski definition) is 2. The van der Waals surface area contributed by atoms with E-state index >= 15 is 0 Å². The van der Waals surface area contributed by atoms with Crippen LogP contribution >= 0.6 is 0 Å². The lowest BCUT2D eigenvalue weighted by molar-refractivity contribution is 0.114. The summed E-state index contributed by atoms with van der Waals surface area (Å²) in [5.74, 6) is 0.805. The molecule has 0 aromatic heterocycles. The van der Waals surface area contributed by atoms with Gasteiger partial charge in [-0.1, -0.05) is 46.5 Å². The minimum absolute atomic E-state index is 0.600. The normalized spacial score (nSPS) is 30.8. The van der Waals surface area contributed by atoms with Crippen LogP contribution < -0.4 is 5.32 Å². The molecular formula is C17H34N2. The third-order valence-corrected chi connectivity index (χ3v) is 5.51. The molecule has 1 aliphatic carbocycles. The van der Waals surface area contributed by atoms with Gasteiger partial charge in [0.15, 0.2) is 0 Å². The quantitative estimate of drug-likeness (QED) is 0.835. The van der Waals surface area contributed by atoms with E-state index in [1.54, 1.807) is 0 Å². The Morgan fingerprint density at radius 1 is 1.21 bits per heavy atom. The van der Waals surface area contributed by atoms with Crippen molar-refractivity contribution < 1.29 is 0 Å². The highest BCUT2D eigenvalue weighted by molar-refractivity contribution is 4.86. The monoisotopic (exact) mass is 266 g/mol. The molecule has 0 radical (unpaired) electrons. The Bertz CT molecular complexity index is 258. The summed E-state index contributed by atoms with van der Waals surface area (Å²) < 4.78 is 0. The summed E-state index contributed by atoms with van der Waals surface area (Å²) in [5, 5.41) is 3.77. The van der Waals surface area contributed by atoms with Crippen molar-refractivity contribution in [2.45, 2.75) is 71.8 Å². The first-order valence-corrected chi connectivity index (χ1v) is 8.59. The summed E-state index contributed by atoms with van der Waals surface area (Å²) in [6.45, 7) is 12.4. The van der Waals surface area contributed by atoms with Crippen LogP contribution in [0.2, 0.25) is 0 Å². The zero-order chi connectivity index (χ0) is 13.7. The highest BCUT2D eigenvalue weighted by Gasteiger charge is 2.31. The maximum atomic E-state index is 3.77. The van der Waals surface area contributed by atoms with E-state index in [0.717, 1.165) is 5.92 Å². The van der Waals surface area contributed by atoms with E-state index in [1.165, 1.54) is 71.1 Å². The molecule has 0 bridgehead atoms. The largest absolute Gasteiger partial charge is 0.312 e. The van der Waals surface area contributed by atoms with Gasteiger partial charge in [-0.05, 0) is 43.7 Å². The maximum absolute atomic E-state index is 3.77. The van der Waals surface area contributed by atoms with Gasteiger partial charge in [0.2, 0.25) is 0 Å². The molecule has 19 heavy (non-hydrogen) atoms. The summed E-state index contributed by atoms with van der Waals surface area (Å²) in [4.78, 5) is 2.77. The van der Waals surface area contributed by atoms with Crippen molar-refractivity contribution in [2.24, 2.45) is 11.3 Å². The molecule has 0 spiro atoms.